The van der Waals surface area contributed by atoms with Crippen LogP contribution in [0.1, 0.15) is 18.4 Å². The highest BCUT2D eigenvalue weighted by atomic mass is 79.9. The number of fused-ring (bicyclic) bond motifs is 1. The fourth-order valence-corrected chi connectivity index (χ4v) is 3.23. The van der Waals surface area contributed by atoms with Crippen LogP contribution in [-0.2, 0) is 10.2 Å². The Morgan fingerprint density at radius 1 is 1.18 bits per heavy atom. The van der Waals surface area contributed by atoms with Crippen molar-refractivity contribution in [2.75, 3.05) is 0 Å². The van der Waals surface area contributed by atoms with E-state index in [1.165, 1.54) is 0 Å². The molecular formula is C17H13BrN2O2. The number of carboxylic acid groups (broad SMARTS) is 1. The van der Waals surface area contributed by atoms with E-state index in [9.17, 15) is 9.90 Å². The second-order valence-electron chi connectivity index (χ2n) is 5.68. The summed E-state index contributed by atoms with van der Waals surface area (Å²) in [6.45, 7) is 0. The highest BCUT2D eigenvalue weighted by Crippen LogP contribution is 2.48. The molecule has 0 bridgehead atoms. The summed E-state index contributed by atoms with van der Waals surface area (Å²) in [4.78, 5) is 15.8. The third-order valence-electron chi connectivity index (χ3n) is 4.37. The first-order valence-electron chi connectivity index (χ1n) is 7.07. The first kappa shape index (κ1) is 13.5. The number of aliphatic carboxylic acids is 1. The second-order valence-corrected chi connectivity index (χ2v) is 6.60. The fourth-order valence-electron chi connectivity index (χ4n) is 2.88. The Bertz CT molecular complexity index is 879. The molecule has 0 aliphatic heterocycles. The van der Waals surface area contributed by atoms with Crippen LogP contribution in [0.5, 0.6) is 0 Å². The average molecular weight is 357 g/mol. The van der Waals surface area contributed by atoms with E-state index in [4.69, 9.17) is 0 Å². The van der Waals surface area contributed by atoms with Crippen molar-refractivity contribution in [3.8, 4) is 5.69 Å². The number of carboxylic acids is 1. The summed E-state index contributed by atoms with van der Waals surface area (Å²) < 4.78 is 3.00. The summed E-state index contributed by atoms with van der Waals surface area (Å²) in [6, 6.07) is 13.7. The van der Waals surface area contributed by atoms with Crippen molar-refractivity contribution < 1.29 is 9.90 Å². The second kappa shape index (κ2) is 4.68. The van der Waals surface area contributed by atoms with Gasteiger partial charge in [-0.3, -0.25) is 9.36 Å². The summed E-state index contributed by atoms with van der Waals surface area (Å²) in [7, 11) is 0. The number of nitrogens with zero attached hydrogens (tertiary/aromatic N) is 2. The van der Waals surface area contributed by atoms with Crippen molar-refractivity contribution in [2.24, 2.45) is 0 Å². The maximum Gasteiger partial charge on any atom is 0.314 e. The van der Waals surface area contributed by atoms with E-state index in [2.05, 4.69) is 20.9 Å². The molecule has 0 radical (unpaired) electrons. The van der Waals surface area contributed by atoms with Crippen LogP contribution in [-0.4, -0.2) is 20.6 Å². The molecule has 110 valence electrons. The van der Waals surface area contributed by atoms with Crippen molar-refractivity contribution in [2.45, 2.75) is 18.3 Å². The van der Waals surface area contributed by atoms with Crippen LogP contribution in [0.15, 0.2) is 53.3 Å². The van der Waals surface area contributed by atoms with Gasteiger partial charge in [-0.15, -0.1) is 0 Å². The molecule has 22 heavy (non-hydrogen) atoms. The van der Waals surface area contributed by atoms with Crippen molar-refractivity contribution in [1.82, 2.24) is 9.55 Å². The van der Waals surface area contributed by atoms with Gasteiger partial charge in [-0.2, -0.15) is 0 Å². The van der Waals surface area contributed by atoms with E-state index < -0.39 is 11.4 Å². The Labute approximate surface area is 135 Å². The molecule has 1 aliphatic carbocycles. The Hall–Kier alpha value is -2.14. The van der Waals surface area contributed by atoms with E-state index in [-0.39, 0.29) is 0 Å². The summed E-state index contributed by atoms with van der Waals surface area (Å²) in [5.41, 5.74) is 3.16. The number of imidazole rings is 1. The molecule has 5 heteroatoms. The van der Waals surface area contributed by atoms with E-state index in [0.717, 1.165) is 39.6 Å². The van der Waals surface area contributed by atoms with Crippen molar-refractivity contribution in [1.29, 1.82) is 0 Å². The molecule has 0 atom stereocenters. The minimum Gasteiger partial charge on any atom is -0.481 e. The number of rotatable bonds is 3. The van der Waals surface area contributed by atoms with Crippen molar-refractivity contribution in [3.05, 3.63) is 58.8 Å². The smallest absolute Gasteiger partial charge is 0.314 e. The zero-order chi connectivity index (χ0) is 15.3. The largest absolute Gasteiger partial charge is 0.481 e. The number of hydrogen-bond acceptors (Lipinski definition) is 2. The highest BCUT2D eigenvalue weighted by molar-refractivity contribution is 9.10. The molecule has 0 spiro atoms. The minimum atomic E-state index is -0.724. The van der Waals surface area contributed by atoms with Gasteiger partial charge in [-0.25, -0.2) is 4.98 Å². The maximum absolute atomic E-state index is 11.4. The van der Waals surface area contributed by atoms with Crippen LogP contribution in [0.3, 0.4) is 0 Å². The summed E-state index contributed by atoms with van der Waals surface area (Å²) >= 11 is 3.44. The predicted octanol–water partition coefficient (Wildman–Crippen LogP) is 3.90. The molecule has 3 aromatic rings. The number of carbonyl (C=O) groups is 1. The minimum absolute atomic E-state index is 0.652. The molecule has 0 unspecified atom stereocenters. The van der Waals surface area contributed by atoms with Gasteiger partial charge < -0.3 is 5.11 Å². The molecule has 1 fully saturated rings. The standard InChI is InChI=1S/C17H13BrN2O2/c18-12-3-6-15-14(9-12)19-10-20(15)13-4-1-11(2-5-13)17(7-8-17)16(21)22/h1-6,9-10H,7-8H2,(H,21,22). The molecule has 2 aromatic carbocycles. The first-order chi connectivity index (χ1) is 10.6. The molecule has 4 rings (SSSR count). The molecule has 1 aliphatic rings. The quantitative estimate of drug-likeness (QED) is 0.773. The average Bonchev–Trinajstić information content (AvgIpc) is 3.23. The topological polar surface area (TPSA) is 55.1 Å². The van der Waals surface area contributed by atoms with Gasteiger partial charge in [0.15, 0.2) is 0 Å². The lowest BCUT2D eigenvalue weighted by Crippen LogP contribution is -2.19. The molecule has 4 nitrogen and oxygen atoms in total. The third-order valence-corrected chi connectivity index (χ3v) is 4.86. The van der Waals surface area contributed by atoms with E-state index in [1.807, 2.05) is 47.0 Å². The Morgan fingerprint density at radius 2 is 1.91 bits per heavy atom. The lowest BCUT2D eigenvalue weighted by atomic mass is 9.96. The summed E-state index contributed by atoms with van der Waals surface area (Å²) in [5, 5.41) is 9.36. The number of aromatic nitrogens is 2. The van der Waals surface area contributed by atoms with Gasteiger partial charge in [0.1, 0.15) is 6.33 Å². The molecule has 1 heterocycles. The predicted molar refractivity (Wildman–Crippen MR) is 87.3 cm³/mol. The third kappa shape index (κ3) is 1.96. The Kier molecular flexibility index (Phi) is 2.87. The molecular weight excluding hydrogens is 344 g/mol. The van der Waals surface area contributed by atoms with E-state index >= 15 is 0 Å². The molecule has 0 saturated heterocycles. The monoisotopic (exact) mass is 356 g/mol. The Morgan fingerprint density at radius 3 is 2.55 bits per heavy atom. The lowest BCUT2D eigenvalue weighted by molar-refractivity contribution is -0.140. The van der Waals surface area contributed by atoms with E-state index in [0.29, 0.717) is 0 Å². The van der Waals surface area contributed by atoms with Gasteiger partial charge >= 0.3 is 5.97 Å². The van der Waals surface area contributed by atoms with Crippen LogP contribution < -0.4 is 0 Å². The summed E-state index contributed by atoms with van der Waals surface area (Å²) in [6.07, 6.45) is 3.24. The van der Waals surface area contributed by atoms with Gasteiger partial charge in [-0.1, -0.05) is 28.1 Å². The van der Waals surface area contributed by atoms with Gasteiger partial charge in [0, 0.05) is 10.2 Å². The van der Waals surface area contributed by atoms with Crippen molar-refractivity contribution in [3.63, 3.8) is 0 Å². The molecule has 1 saturated carbocycles. The molecule has 1 aromatic heterocycles. The number of benzene rings is 2. The van der Waals surface area contributed by atoms with Gasteiger partial charge in [0.2, 0.25) is 0 Å². The lowest BCUT2D eigenvalue weighted by Gasteiger charge is -2.11. The SMILES string of the molecule is O=C(O)C1(c2ccc(-n3cnc4cc(Br)ccc43)cc2)CC1. The van der Waals surface area contributed by atoms with Crippen molar-refractivity contribution >= 4 is 32.9 Å². The fraction of sp³-hybridized carbons (Fsp3) is 0.176. The zero-order valence-corrected chi connectivity index (χ0v) is 13.2. The Balaban J connectivity index is 1.75. The zero-order valence-electron chi connectivity index (χ0n) is 11.7. The van der Waals surface area contributed by atoms with Gasteiger partial charge in [0.25, 0.3) is 0 Å². The normalized spacial score (nSPS) is 15.9. The van der Waals surface area contributed by atoms with Crippen LogP contribution >= 0.6 is 15.9 Å². The van der Waals surface area contributed by atoms with Crippen LogP contribution in [0, 0.1) is 0 Å². The van der Waals surface area contributed by atoms with E-state index in [1.54, 1.807) is 6.33 Å². The number of hydrogen-bond donors (Lipinski definition) is 1. The van der Waals surface area contributed by atoms with Gasteiger partial charge in [-0.05, 0) is 48.7 Å². The van der Waals surface area contributed by atoms with Crippen LogP contribution in [0.4, 0.5) is 0 Å². The molecule has 1 N–H and O–H groups in total. The first-order valence-corrected chi connectivity index (χ1v) is 7.86. The van der Waals surface area contributed by atoms with Crippen LogP contribution in [0.2, 0.25) is 0 Å². The van der Waals surface area contributed by atoms with Crippen LogP contribution in [0.25, 0.3) is 16.7 Å². The number of halogens is 1. The van der Waals surface area contributed by atoms with Gasteiger partial charge in [0.05, 0.1) is 16.4 Å². The molecule has 0 amide bonds. The highest BCUT2D eigenvalue weighted by Gasteiger charge is 2.51. The maximum atomic E-state index is 11.4. The summed E-state index contributed by atoms with van der Waals surface area (Å²) in [5.74, 6) is -0.724.